The number of rotatable bonds is 6. The molecule has 0 aromatic heterocycles. The molecule has 1 heterocycles. The van der Waals surface area contributed by atoms with Crippen molar-refractivity contribution in [2.45, 2.75) is 39.2 Å². The smallest absolute Gasteiger partial charge is 0.0446 e. The molecule has 0 aliphatic carbocycles. The molecule has 19 heavy (non-hydrogen) atoms. The SMILES string of the molecule is CCCc1ccc(C(CN2CCC(C)C2)NC)cc1. The molecular weight excluding hydrogens is 232 g/mol. The second-order valence-corrected chi connectivity index (χ2v) is 5.99. The minimum absolute atomic E-state index is 0.459. The summed E-state index contributed by atoms with van der Waals surface area (Å²) in [5.41, 5.74) is 2.87. The lowest BCUT2D eigenvalue weighted by atomic mass is 10.0. The van der Waals surface area contributed by atoms with Crippen molar-refractivity contribution in [3.8, 4) is 0 Å². The highest BCUT2D eigenvalue weighted by Crippen LogP contribution is 2.20. The predicted octanol–water partition coefficient (Wildman–Crippen LogP) is 3.24. The maximum Gasteiger partial charge on any atom is 0.0446 e. The average molecular weight is 260 g/mol. The van der Waals surface area contributed by atoms with Crippen molar-refractivity contribution in [1.82, 2.24) is 10.2 Å². The third kappa shape index (κ3) is 4.05. The molecule has 0 saturated carbocycles. The molecule has 0 radical (unpaired) electrons. The van der Waals surface area contributed by atoms with Gasteiger partial charge in [-0.2, -0.15) is 0 Å². The zero-order chi connectivity index (χ0) is 13.7. The maximum absolute atomic E-state index is 3.47. The van der Waals surface area contributed by atoms with E-state index < -0.39 is 0 Å². The van der Waals surface area contributed by atoms with Crippen molar-refractivity contribution < 1.29 is 0 Å². The van der Waals surface area contributed by atoms with Crippen molar-refractivity contribution in [1.29, 1.82) is 0 Å². The van der Waals surface area contributed by atoms with Gasteiger partial charge in [0.2, 0.25) is 0 Å². The van der Waals surface area contributed by atoms with Crippen LogP contribution in [0.15, 0.2) is 24.3 Å². The number of likely N-dealkylation sites (tertiary alicyclic amines) is 1. The van der Waals surface area contributed by atoms with E-state index in [4.69, 9.17) is 0 Å². The Bertz CT molecular complexity index is 371. The lowest BCUT2D eigenvalue weighted by Crippen LogP contribution is -2.32. The zero-order valence-corrected chi connectivity index (χ0v) is 12.7. The highest BCUT2D eigenvalue weighted by atomic mass is 15.2. The number of hydrogen-bond donors (Lipinski definition) is 1. The summed E-state index contributed by atoms with van der Waals surface area (Å²) in [5, 5.41) is 3.47. The molecule has 0 spiro atoms. The van der Waals surface area contributed by atoms with Crippen molar-refractivity contribution in [3.63, 3.8) is 0 Å². The molecule has 2 unspecified atom stereocenters. The molecular formula is C17H28N2. The van der Waals surface area contributed by atoms with Gasteiger partial charge in [-0.15, -0.1) is 0 Å². The Hall–Kier alpha value is -0.860. The topological polar surface area (TPSA) is 15.3 Å². The van der Waals surface area contributed by atoms with Crippen LogP contribution in [-0.4, -0.2) is 31.6 Å². The van der Waals surface area contributed by atoms with E-state index in [-0.39, 0.29) is 0 Å². The third-order valence-electron chi connectivity index (χ3n) is 4.22. The van der Waals surface area contributed by atoms with Crippen molar-refractivity contribution in [3.05, 3.63) is 35.4 Å². The van der Waals surface area contributed by atoms with E-state index in [1.54, 1.807) is 0 Å². The van der Waals surface area contributed by atoms with Gasteiger partial charge in [-0.25, -0.2) is 0 Å². The molecule has 2 nitrogen and oxygen atoms in total. The molecule has 1 saturated heterocycles. The van der Waals surface area contributed by atoms with Gasteiger partial charge >= 0.3 is 0 Å². The summed E-state index contributed by atoms with van der Waals surface area (Å²) in [6, 6.07) is 9.63. The predicted molar refractivity (Wildman–Crippen MR) is 82.5 cm³/mol. The van der Waals surface area contributed by atoms with Gasteiger partial charge in [0.25, 0.3) is 0 Å². The average Bonchev–Trinajstić information content (AvgIpc) is 2.83. The highest BCUT2D eigenvalue weighted by Gasteiger charge is 2.21. The van der Waals surface area contributed by atoms with Gasteiger partial charge in [0, 0.05) is 19.1 Å². The summed E-state index contributed by atoms with van der Waals surface area (Å²) in [7, 11) is 2.07. The second kappa shape index (κ2) is 7.06. The Labute approximate surface area is 118 Å². The number of nitrogens with zero attached hydrogens (tertiary/aromatic N) is 1. The van der Waals surface area contributed by atoms with Gasteiger partial charge in [-0.3, -0.25) is 0 Å². The van der Waals surface area contributed by atoms with E-state index in [0.717, 1.165) is 12.5 Å². The largest absolute Gasteiger partial charge is 0.312 e. The van der Waals surface area contributed by atoms with Gasteiger partial charge < -0.3 is 10.2 Å². The van der Waals surface area contributed by atoms with E-state index in [9.17, 15) is 0 Å². The van der Waals surface area contributed by atoms with Crippen LogP contribution in [0.2, 0.25) is 0 Å². The van der Waals surface area contributed by atoms with Gasteiger partial charge in [0.1, 0.15) is 0 Å². The summed E-state index contributed by atoms with van der Waals surface area (Å²) < 4.78 is 0. The summed E-state index contributed by atoms with van der Waals surface area (Å²) in [6.45, 7) is 8.24. The minimum Gasteiger partial charge on any atom is -0.312 e. The molecule has 2 atom stereocenters. The summed E-state index contributed by atoms with van der Waals surface area (Å²) >= 11 is 0. The van der Waals surface area contributed by atoms with Crippen LogP contribution >= 0.6 is 0 Å². The van der Waals surface area contributed by atoms with E-state index in [2.05, 4.69) is 55.4 Å². The van der Waals surface area contributed by atoms with Crippen LogP contribution in [0.1, 0.15) is 43.9 Å². The molecule has 2 heteroatoms. The summed E-state index contributed by atoms with van der Waals surface area (Å²) in [4.78, 5) is 2.59. The molecule has 1 N–H and O–H groups in total. The first-order chi connectivity index (χ1) is 9.22. The molecule has 1 aromatic rings. The van der Waals surface area contributed by atoms with Crippen LogP contribution in [0.25, 0.3) is 0 Å². The van der Waals surface area contributed by atoms with Gasteiger partial charge in [0.05, 0.1) is 0 Å². The highest BCUT2D eigenvalue weighted by molar-refractivity contribution is 5.25. The number of aryl methyl sites for hydroxylation is 1. The molecule has 106 valence electrons. The van der Waals surface area contributed by atoms with Crippen LogP contribution < -0.4 is 5.32 Å². The van der Waals surface area contributed by atoms with Crippen LogP contribution in [0.5, 0.6) is 0 Å². The third-order valence-corrected chi connectivity index (χ3v) is 4.22. The molecule has 1 aliphatic heterocycles. The number of hydrogen-bond acceptors (Lipinski definition) is 2. The number of benzene rings is 1. The number of nitrogens with one attached hydrogen (secondary N) is 1. The standard InChI is InChI=1S/C17H28N2/c1-4-5-15-6-8-16(9-7-15)17(18-3)13-19-11-10-14(2)12-19/h6-9,14,17-18H,4-5,10-13H2,1-3H3. The quantitative estimate of drug-likeness (QED) is 0.844. The zero-order valence-electron chi connectivity index (χ0n) is 12.7. The Morgan fingerprint density at radius 2 is 2.05 bits per heavy atom. The maximum atomic E-state index is 3.47. The fourth-order valence-electron chi connectivity index (χ4n) is 3.02. The fourth-order valence-corrected chi connectivity index (χ4v) is 3.02. The van der Waals surface area contributed by atoms with E-state index in [1.807, 2.05) is 0 Å². The molecule has 0 amide bonds. The van der Waals surface area contributed by atoms with Gasteiger partial charge in [0.15, 0.2) is 0 Å². The van der Waals surface area contributed by atoms with Crippen LogP contribution in [0.3, 0.4) is 0 Å². The van der Waals surface area contributed by atoms with Crippen LogP contribution in [-0.2, 0) is 6.42 Å². The second-order valence-electron chi connectivity index (χ2n) is 5.99. The van der Waals surface area contributed by atoms with Crippen molar-refractivity contribution >= 4 is 0 Å². The van der Waals surface area contributed by atoms with Gasteiger partial charge in [-0.05, 0) is 43.5 Å². The Morgan fingerprint density at radius 3 is 2.58 bits per heavy atom. The first-order valence-electron chi connectivity index (χ1n) is 7.71. The number of likely N-dealkylation sites (N-methyl/N-ethyl adjacent to an activating group) is 1. The Balaban J connectivity index is 1.96. The minimum atomic E-state index is 0.459. The van der Waals surface area contributed by atoms with Crippen LogP contribution in [0.4, 0.5) is 0 Å². The van der Waals surface area contributed by atoms with E-state index in [0.29, 0.717) is 6.04 Å². The van der Waals surface area contributed by atoms with Gasteiger partial charge in [-0.1, -0.05) is 44.5 Å². The summed E-state index contributed by atoms with van der Waals surface area (Å²) in [6.07, 6.45) is 3.76. The lowest BCUT2D eigenvalue weighted by molar-refractivity contribution is 0.291. The molecule has 0 bridgehead atoms. The fraction of sp³-hybridized carbons (Fsp3) is 0.647. The van der Waals surface area contributed by atoms with Crippen molar-refractivity contribution in [2.75, 3.05) is 26.7 Å². The summed E-state index contributed by atoms with van der Waals surface area (Å²) in [5.74, 6) is 0.865. The van der Waals surface area contributed by atoms with E-state index >= 15 is 0 Å². The normalized spacial score (nSPS) is 21.7. The van der Waals surface area contributed by atoms with Crippen molar-refractivity contribution in [2.24, 2.45) is 5.92 Å². The molecule has 1 fully saturated rings. The first-order valence-corrected chi connectivity index (χ1v) is 7.71. The van der Waals surface area contributed by atoms with Crippen LogP contribution in [0, 0.1) is 5.92 Å². The first kappa shape index (κ1) is 14.5. The Morgan fingerprint density at radius 1 is 1.32 bits per heavy atom. The van der Waals surface area contributed by atoms with E-state index in [1.165, 1.54) is 43.5 Å². The molecule has 1 aromatic carbocycles. The molecule has 2 rings (SSSR count). The Kier molecular flexibility index (Phi) is 5.41. The molecule has 1 aliphatic rings. The lowest BCUT2D eigenvalue weighted by Gasteiger charge is -2.24. The monoisotopic (exact) mass is 260 g/mol.